The third-order valence-corrected chi connectivity index (χ3v) is 6.78. The van der Waals surface area contributed by atoms with Crippen LogP contribution in [-0.4, -0.2) is 17.5 Å². The molecule has 1 aliphatic carbocycles. The van der Waals surface area contributed by atoms with Crippen molar-refractivity contribution in [3.63, 3.8) is 0 Å². The summed E-state index contributed by atoms with van der Waals surface area (Å²) in [6.45, 7) is 0. The van der Waals surface area contributed by atoms with Crippen molar-refractivity contribution in [2.45, 2.75) is 6.42 Å². The summed E-state index contributed by atoms with van der Waals surface area (Å²) in [6.07, 6.45) is 0.612. The Hall–Kier alpha value is -4.11. The van der Waals surface area contributed by atoms with Gasteiger partial charge in [0.25, 0.3) is 0 Å². The molecule has 0 aliphatic heterocycles. The molecule has 0 saturated heterocycles. The van der Waals surface area contributed by atoms with Gasteiger partial charge in [0.1, 0.15) is 5.75 Å². The number of carbonyl (C=O) groups is 1. The molecule has 0 amide bonds. The summed E-state index contributed by atoms with van der Waals surface area (Å²) in [5.41, 5.74) is 8.38. The second kappa shape index (κ2) is 7.49. The molecule has 3 heteroatoms. The minimum absolute atomic E-state index is 0.0941. The molecule has 0 atom stereocenters. The Kier molecular flexibility index (Phi) is 4.44. The number of ketones is 1. The summed E-state index contributed by atoms with van der Waals surface area (Å²) in [4.78, 5) is 13.7. The molecule has 4 aromatic carbocycles. The molecule has 0 spiro atoms. The molecule has 5 aromatic rings. The number of Topliss-reactive ketones (excluding diaryl/α,β-unsaturated/α-hetero) is 1. The standard InChI is InChI=1S/C30H23NO2/c1-31-26-15-13-21(33-2)17-24(26)29-23-18-25(30(32)20-11-7-4-8-12-20)28(19-9-5-3-6-10-19)22(23)14-16-27(29)31/h3-17H,18H2,1-2H3. The van der Waals surface area contributed by atoms with Crippen molar-refractivity contribution in [2.75, 3.05) is 7.11 Å². The van der Waals surface area contributed by atoms with E-state index in [0.29, 0.717) is 6.42 Å². The van der Waals surface area contributed by atoms with Gasteiger partial charge in [-0.3, -0.25) is 4.79 Å². The number of carbonyl (C=O) groups excluding carboxylic acids is 1. The summed E-state index contributed by atoms with van der Waals surface area (Å²) < 4.78 is 7.76. The summed E-state index contributed by atoms with van der Waals surface area (Å²) in [6, 6.07) is 30.4. The Morgan fingerprint density at radius 2 is 1.55 bits per heavy atom. The third-order valence-electron chi connectivity index (χ3n) is 6.78. The van der Waals surface area contributed by atoms with E-state index >= 15 is 0 Å². The van der Waals surface area contributed by atoms with Crippen LogP contribution in [0.5, 0.6) is 5.75 Å². The lowest BCUT2D eigenvalue weighted by atomic mass is 9.94. The fraction of sp³-hybridized carbons (Fsp3) is 0.100. The maximum atomic E-state index is 13.7. The number of aryl methyl sites for hydroxylation is 1. The zero-order valence-corrected chi connectivity index (χ0v) is 18.6. The van der Waals surface area contributed by atoms with E-state index in [0.717, 1.165) is 50.0 Å². The fourth-order valence-corrected chi connectivity index (χ4v) is 5.22. The van der Waals surface area contributed by atoms with Gasteiger partial charge in [-0.05, 0) is 46.5 Å². The zero-order valence-electron chi connectivity index (χ0n) is 18.6. The molecule has 1 heterocycles. The molecular formula is C30H23NO2. The summed E-state index contributed by atoms with van der Waals surface area (Å²) in [5, 5.41) is 2.36. The van der Waals surface area contributed by atoms with Gasteiger partial charge in [-0.25, -0.2) is 0 Å². The topological polar surface area (TPSA) is 31.2 Å². The van der Waals surface area contributed by atoms with E-state index < -0.39 is 0 Å². The number of ether oxygens (including phenoxy) is 1. The first-order valence-corrected chi connectivity index (χ1v) is 11.1. The van der Waals surface area contributed by atoms with Crippen molar-refractivity contribution in [1.29, 1.82) is 0 Å². The SMILES string of the molecule is COc1ccc2c(c1)c1c3c(ccc1n2C)C(c1ccccc1)=C(C(=O)c1ccccc1)C3. The van der Waals surface area contributed by atoms with E-state index in [1.165, 1.54) is 10.9 Å². The monoisotopic (exact) mass is 429 g/mol. The van der Waals surface area contributed by atoms with E-state index in [9.17, 15) is 4.79 Å². The summed E-state index contributed by atoms with van der Waals surface area (Å²) in [5.74, 6) is 0.930. The van der Waals surface area contributed by atoms with Crippen molar-refractivity contribution in [2.24, 2.45) is 7.05 Å². The van der Waals surface area contributed by atoms with E-state index in [1.807, 2.05) is 54.6 Å². The van der Waals surface area contributed by atoms with Crippen molar-refractivity contribution >= 4 is 33.2 Å². The first-order chi connectivity index (χ1) is 16.2. The van der Waals surface area contributed by atoms with Gasteiger partial charge in [-0.15, -0.1) is 0 Å². The third kappa shape index (κ3) is 2.93. The van der Waals surface area contributed by atoms with Gasteiger partial charge in [0.05, 0.1) is 7.11 Å². The molecule has 0 saturated carbocycles. The van der Waals surface area contributed by atoms with Gasteiger partial charge in [0.15, 0.2) is 5.78 Å². The number of nitrogens with zero attached hydrogens (tertiary/aromatic N) is 1. The van der Waals surface area contributed by atoms with Crippen LogP contribution in [0.15, 0.2) is 96.6 Å². The molecule has 33 heavy (non-hydrogen) atoms. The molecule has 0 N–H and O–H groups in total. The number of hydrogen-bond donors (Lipinski definition) is 0. The lowest BCUT2D eigenvalue weighted by Crippen LogP contribution is -2.05. The quantitative estimate of drug-likeness (QED) is 0.302. The van der Waals surface area contributed by atoms with Crippen LogP contribution in [-0.2, 0) is 13.5 Å². The molecule has 3 nitrogen and oxygen atoms in total. The van der Waals surface area contributed by atoms with Gasteiger partial charge in [0.2, 0.25) is 0 Å². The number of hydrogen-bond acceptors (Lipinski definition) is 2. The molecule has 1 aromatic heterocycles. The van der Waals surface area contributed by atoms with Gasteiger partial charge in [-0.1, -0.05) is 66.7 Å². The number of benzene rings is 4. The Balaban J connectivity index is 1.65. The van der Waals surface area contributed by atoms with E-state index in [-0.39, 0.29) is 5.78 Å². The Labute approximate surface area is 192 Å². The second-order valence-electron chi connectivity index (χ2n) is 8.52. The van der Waals surface area contributed by atoms with Crippen LogP contribution in [0.1, 0.15) is 27.0 Å². The highest BCUT2D eigenvalue weighted by Crippen LogP contribution is 2.44. The molecule has 160 valence electrons. The molecule has 0 radical (unpaired) electrons. The fourth-order valence-electron chi connectivity index (χ4n) is 5.22. The number of fused-ring (bicyclic) bond motifs is 5. The number of aromatic nitrogens is 1. The molecule has 0 unspecified atom stereocenters. The van der Waals surface area contributed by atoms with Crippen LogP contribution in [0.3, 0.4) is 0 Å². The van der Waals surface area contributed by atoms with Gasteiger partial charge in [-0.2, -0.15) is 0 Å². The van der Waals surface area contributed by atoms with Gasteiger partial charge in [0, 0.05) is 46.4 Å². The first kappa shape index (κ1) is 19.6. The van der Waals surface area contributed by atoms with Crippen molar-refractivity contribution in [3.05, 3.63) is 119 Å². The lowest BCUT2D eigenvalue weighted by molar-refractivity contribution is 0.103. The normalized spacial score (nSPS) is 13.0. The largest absolute Gasteiger partial charge is 0.497 e. The van der Waals surface area contributed by atoms with Crippen LogP contribution >= 0.6 is 0 Å². The van der Waals surface area contributed by atoms with E-state index in [2.05, 4.69) is 48.0 Å². The molecule has 1 aliphatic rings. The van der Waals surface area contributed by atoms with Crippen LogP contribution in [0.2, 0.25) is 0 Å². The highest BCUT2D eigenvalue weighted by molar-refractivity contribution is 6.20. The van der Waals surface area contributed by atoms with E-state index in [4.69, 9.17) is 4.74 Å². The van der Waals surface area contributed by atoms with Crippen molar-refractivity contribution in [1.82, 2.24) is 4.57 Å². The average molecular weight is 430 g/mol. The van der Waals surface area contributed by atoms with Crippen molar-refractivity contribution in [3.8, 4) is 5.75 Å². The summed E-state index contributed by atoms with van der Waals surface area (Å²) >= 11 is 0. The minimum atomic E-state index is 0.0941. The Morgan fingerprint density at radius 3 is 2.27 bits per heavy atom. The van der Waals surface area contributed by atoms with Gasteiger partial charge >= 0.3 is 0 Å². The predicted molar refractivity (Wildman–Crippen MR) is 134 cm³/mol. The first-order valence-electron chi connectivity index (χ1n) is 11.1. The molecular weight excluding hydrogens is 406 g/mol. The zero-order chi connectivity index (χ0) is 22.5. The minimum Gasteiger partial charge on any atom is -0.497 e. The van der Waals surface area contributed by atoms with Crippen LogP contribution in [0.4, 0.5) is 0 Å². The van der Waals surface area contributed by atoms with Gasteiger partial charge < -0.3 is 9.30 Å². The van der Waals surface area contributed by atoms with Crippen molar-refractivity contribution < 1.29 is 9.53 Å². The highest BCUT2D eigenvalue weighted by Gasteiger charge is 2.30. The van der Waals surface area contributed by atoms with E-state index in [1.54, 1.807) is 7.11 Å². The lowest BCUT2D eigenvalue weighted by Gasteiger charge is -2.09. The predicted octanol–water partition coefficient (Wildman–Crippen LogP) is 6.58. The maximum Gasteiger partial charge on any atom is 0.189 e. The highest BCUT2D eigenvalue weighted by atomic mass is 16.5. The van der Waals surface area contributed by atoms with Crippen LogP contribution < -0.4 is 4.74 Å². The molecule has 6 rings (SSSR count). The molecule has 0 bridgehead atoms. The smallest absolute Gasteiger partial charge is 0.189 e. The second-order valence-corrected chi connectivity index (χ2v) is 8.52. The van der Waals surface area contributed by atoms with Crippen LogP contribution in [0.25, 0.3) is 27.4 Å². The average Bonchev–Trinajstić information content (AvgIpc) is 3.40. The molecule has 0 fully saturated rings. The number of methoxy groups -OCH3 is 1. The Bertz CT molecular complexity index is 1570. The summed E-state index contributed by atoms with van der Waals surface area (Å²) in [7, 11) is 3.79. The number of rotatable bonds is 4. The Morgan fingerprint density at radius 1 is 0.848 bits per heavy atom. The number of allylic oxidation sites excluding steroid dienone is 1. The maximum absolute atomic E-state index is 13.7. The van der Waals surface area contributed by atoms with Crippen LogP contribution in [0, 0.1) is 0 Å².